The molecule has 106 valence electrons. The smallest absolute Gasteiger partial charge is 0.350 e. The summed E-state index contributed by atoms with van der Waals surface area (Å²) in [6.07, 6.45) is 2.15. The number of nitrogens with zero attached hydrogens (tertiary/aromatic N) is 1. The zero-order chi connectivity index (χ0) is 14.0. The van der Waals surface area contributed by atoms with Crippen LogP contribution >= 0.6 is 23.1 Å². The molecule has 1 unspecified atom stereocenters. The molecular weight excluding hydrogens is 284 g/mol. The average molecular weight is 302 g/mol. The standard InChI is InChI=1S/C12H18N2O3S2/c1-7-6-14(4-5-17-7)11-9(18-3)8(13)10(19-11)12(15)16-2/h7H,4-6,13H2,1-3H3. The fraction of sp³-hybridized carbons (Fsp3) is 0.583. The number of nitrogens with two attached hydrogens (primary N) is 1. The molecule has 0 saturated carbocycles. The number of morpholine rings is 1. The van der Waals surface area contributed by atoms with Crippen molar-refractivity contribution in [3.8, 4) is 0 Å². The highest BCUT2D eigenvalue weighted by molar-refractivity contribution is 7.99. The summed E-state index contributed by atoms with van der Waals surface area (Å²) < 4.78 is 10.3. The third-order valence-corrected chi connectivity index (χ3v) is 5.18. The van der Waals surface area contributed by atoms with E-state index in [-0.39, 0.29) is 12.1 Å². The highest BCUT2D eigenvalue weighted by Crippen LogP contribution is 2.44. The second-order valence-electron chi connectivity index (χ2n) is 4.30. The van der Waals surface area contributed by atoms with Gasteiger partial charge in [0.05, 0.1) is 30.4 Å². The SMILES string of the molecule is COC(=O)c1sc(N2CCOC(C)C2)c(SC)c1N. The minimum atomic E-state index is -0.370. The molecular formula is C12H18N2O3S2. The van der Waals surface area contributed by atoms with Crippen LogP contribution in [0.2, 0.25) is 0 Å². The molecule has 2 heterocycles. The fourth-order valence-corrected chi connectivity index (χ4v) is 4.20. The van der Waals surface area contributed by atoms with Crippen LogP contribution in [0, 0.1) is 0 Å². The number of carbonyl (C=O) groups excluding carboxylic acids is 1. The van der Waals surface area contributed by atoms with Crippen molar-refractivity contribution < 1.29 is 14.3 Å². The summed E-state index contributed by atoms with van der Waals surface area (Å²) in [6.45, 7) is 4.37. The molecule has 0 spiro atoms. The average Bonchev–Trinajstić information content (AvgIpc) is 2.75. The molecule has 1 fully saturated rings. The molecule has 2 rings (SSSR count). The Morgan fingerprint density at radius 3 is 2.95 bits per heavy atom. The number of thiophene rings is 1. The van der Waals surface area contributed by atoms with Crippen molar-refractivity contribution >= 4 is 39.8 Å². The first-order valence-corrected chi connectivity index (χ1v) is 8.03. The van der Waals surface area contributed by atoms with Crippen molar-refractivity contribution in [3.05, 3.63) is 4.88 Å². The van der Waals surface area contributed by atoms with E-state index < -0.39 is 0 Å². The maximum absolute atomic E-state index is 11.7. The lowest BCUT2D eigenvalue weighted by atomic mass is 10.3. The van der Waals surface area contributed by atoms with Gasteiger partial charge in [-0.1, -0.05) is 0 Å². The zero-order valence-electron chi connectivity index (χ0n) is 11.3. The van der Waals surface area contributed by atoms with Gasteiger partial charge >= 0.3 is 5.97 Å². The lowest BCUT2D eigenvalue weighted by molar-refractivity contribution is 0.0533. The van der Waals surface area contributed by atoms with Crippen LogP contribution < -0.4 is 10.6 Å². The Balaban J connectivity index is 2.36. The van der Waals surface area contributed by atoms with E-state index >= 15 is 0 Å². The molecule has 5 nitrogen and oxygen atoms in total. The summed E-state index contributed by atoms with van der Waals surface area (Å²) in [7, 11) is 1.37. The van der Waals surface area contributed by atoms with Crippen LogP contribution in [0.1, 0.15) is 16.6 Å². The molecule has 0 aromatic carbocycles. The Morgan fingerprint density at radius 1 is 1.63 bits per heavy atom. The van der Waals surface area contributed by atoms with Crippen molar-refractivity contribution in [1.82, 2.24) is 0 Å². The van der Waals surface area contributed by atoms with Gasteiger partial charge in [0.25, 0.3) is 0 Å². The van der Waals surface area contributed by atoms with Crippen LogP contribution in [0.3, 0.4) is 0 Å². The van der Waals surface area contributed by atoms with Gasteiger partial charge in [0, 0.05) is 13.1 Å². The number of carbonyl (C=O) groups is 1. The lowest BCUT2D eigenvalue weighted by Gasteiger charge is -2.32. The number of nitrogen functional groups attached to an aromatic ring is 1. The molecule has 2 N–H and O–H groups in total. The van der Waals surface area contributed by atoms with Gasteiger partial charge in [-0.05, 0) is 13.2 Å². The van der Waals surface area contributed by atoms with E-state index in [1.54, 1.807) is 11.8 Å². The van der Waals surface area contributed by atoms with Crippen molar-refractivity contribution in [2.45, 2.75) is 17.9 Å². The quantitative estimate of drug-likeness (QED) is 0.681. The van der Waals surface area contributed by atoms with E-state index in [9.17, 15) is 4.79 Å². The second-order valence-corrected chi connectivity index (χ2v) is 6.12. The maximum Gasteiger partial charge on any atom is 0.350 e. The van der Waals surface area contributed by atoms with Gasteiger partial charge in [-0.3, -0.25) is 0 Å². The van der Waals surface area contributed by atoms with Crippen LogP contribution in [0.15, 0.2) is 4.90 Å². The molecule has 1 aromatic rings. The third-order valence-electron chi connectivity index (χ3n) is 2.99. The minimum Gasteiger partial charge on any atom is -0.465 e. The highest BCUT2D eigenvalue weighted by atomic mass is 32.2. The third kappa shape index (κ3) is 2.82. The molecule has 1 aliphatic rings. The van der Waals surface area contributed by atoms with Crippen LogP contribution in [-0.2, 0) is 9.47 Å². The topological polar surface area (TPSA) is 64.8 Å². The van der Waals surface area contributed by atoms with E-state index in [4.69, 9.17) is 15.2 Å². The minimum absolute atomic E-state index is 0.188. The summed E-state index contributed by atoms with van der Waals surface area (Å²) >= 11 is 2.96. The Hall–Kier alpha value is -0.920. The summed E-state index contributed by atoms with van der Waals surface area (Å²) in [4.78, 5) is 15.4. The molecule has 7 heteroatoms. The first-order valence-electron chi connectivity index (χ1n) is 5.99. The van der Waals surface area contributed by atoms with Gasteiger partial charge < -0.3 is 20.1 Å². The molecule has 1 saturated heterocycles. The maximum atomic E-state index is 11.7. The number of methoxy groups -OCH3 is 1. The number of thioether (sulfide) groups is 1. The summed E-state index contributed by atoms with van der Waals surface area (Å²) in [5.74, 6) is -0.370. The van der Waals surface area contributed by atoms with E-state index in [1.807, 2.05) is 13.2 Å². The molecule has 0 bridgehead atoms. The lowest BCUT2D eigenvalue weighted by Crippen LogP contribution is -2.40. The number of anilines is 2. The number of rotatable bonds is 3. The monoisotopic (exact) mass is 302 g/mol. The summed E-state index contributed by atoms with van der Waals surface area (Å²) in [5, 5.41) is 1.04. The van der Waals surface area contributed by atoms with Crippen LogP contribution in [0.4, 0.5) is 10.7 Å². The molecule has 19 heavy (non-hydrogen) atoms. The first kappa shape index (κ1) is 14.5. The molecule has 0 radical (unpaired) electrons. The number of ether oxygens (including phenoxy) is 2. The van der Waals surface area contributed by atoms with E-state index in [0.29, 0.717) is 17.2 Å². The molecule has 0 aliphatic carbocycles. The van der Waals surface area contributed by atoms with Crippen LogP contribution in [0.25, 0.3) is 0 Å². The first-order chi connectivity index (χ1) is 9.08. The van der Waals surface area contributed by atoms with E-state index in [0.717, 1.165) is 23.0 Å². The molecule has 0 amide bonds. The Morgan fingerprint density at radius 2 is 2.37 bits per heavy atom. The number of hydrogen-bond donors (Lipinski definition) is 1. The predicted molar refractivity (Wildman–Crippen MR) is 79.5 cm³/mol. The van der Waals surface area contributed by atoms with Crippen molar-refractivity contribution in [3.63, 3.8) is 0 Å². The van der Waals surface area contributed by atoms with Crippen LogP contribution in [-0.4, -0.2) is 45.1 Å². The van der Waals surface area contributed by atoms with Crippen molar-refractivity contribution in [2.24, 2.45) is 0 Å². The number of esters is 1. The predicted octanol–water partition coefficient (Wildman–Crippen LogP) is 2.06. The Labute approximate surface area is 121 Å². The van der Waals surface area contributed by atoms with Gasteiger partial charge in [0.15, 0.2) is 0 Å². The number of hydrogen-bond acceptors (Lipinski definition) is 7. The Bertz CT molecular complexity index is 476. The van der Waals surface area contributed by atoms with E-state index in [2.05, 4.69) is 4.90 Å². The largest absolute Gasteiger partial charge is 0.465 e. The summed E-state index contributed by atoms with van der Waals surface area (Å²) in [6, 6.07) is 0. The fourth-order valence-electron chi connectivity index (χ4n) is 2.07. The summed E-state index contributed by atoms with van der Waals surface area (Å²) in [5.41, 5.74) is 6.59. The molecule has 1 atom stereocenters. The van der Waals surface area contributed by atoms with Crippen LogP contribution in [0.5, 0.6) is 0 Å². The van der Waals surface area contributed by atoms with Gasteiger partial charge in [-0.15, -0.1) is 23.1 Å². The highest BCUT2D eigenvalue weighted by Gasteiger charge is 2.27. The molecule has 1 aliphatic heterocycles. The second kappa shape index (κ2) is 6.02. The van der Waals surface area contributed by atoms with Gasteiger partial charge in [0.1, 0.15) is 9.88 Å². The van der Waals surface area contributed by atoms with Gasteiger partial charge in [-0.2, -0.15) is 0 Å². The van der Waals surface area contributed by atoms with Gasteiger partial charge in [0.2, 0.25) is 0 Å². The normalized spacial score (nSPS) is 19.5. The molecule has 1 aromatic heterocycles. The zero-order valence-corrected chi connectivity index (χ0v) is 12.9. The van der Waals surface area contributed by atoms with Gasteiger partial charge in [-0.25, -0.2) is 4.79 Å². The van der Waals surface area contributed by atoms with E-state index in [1.165, 1.54) is 18.4 Å². The Kier molecular flexibility index (Phi) is 4.59. The van der Waals surface area contributed by atoms with Crippen molar-refractivity contribution in [1.29, 1.82) is 0 Å². The van der Waals surface area contributed by atoms with Crippen molar-refractivity contribution in [2.75, 3.05) is 43.7 Å².